The fourth-order valence-electron chi connectivity index (χ4n) is 3.37. The number of carbonyl (C=O) groups is 2. The molecule has 1 saturated heterocycles. The van der Waals surface area contributed by atoms with Gasteiger partial charge in [0.1, 0.15) is 5.75 Å². The fraction of sp³-hybridized carbons (Fsp3) is 0.364. The van der Waals surface area contributed by atoms with E-state index in [1.807, 2.05) is 28.0 Å². The average molecular weight is 366 g/mol. The topological polar surface area (TPSA) is 49.9 Å². The van der Waals surface area contributed by atoms with Gasteiger partial charge in [0.25, 0.3) is 5.91 Å². The zero-order valence-corrected chi connectivity index (χ0v) is 15.9. The zero-order valence-electron chi connectivity index (χ0n) is 15.9. The van der Waals surface area contributed by atoms with E-state index < -0.39 is 0 Å². The predicted octanol–water partition coefficient (Wildman–Crippen LogP) is 3.17. The summed E-state index contributed by atoms with van der Waals surface area (Å²) in [6, 6.07) is 17.2. The van der Waals surface area contributed by atoms with Crippen molar-refractivity contribution in [1.29, 1.82) is 0 Å². The molecule has 3 rings (SSSR count). The first-order chi connectivity index (χ1) is 13.1. The average Bonchev–Trinajstić information content (AvgIpc) is 2.74. The molecule has 1 unspecified atom stereocenters. The third-order valence-electron chi connectivity index (χ3n) is 5.11. The second-order valence-corrected chi connectivity index (χ2v) is 6.92. The van der Waals surface area contributed by atoms with E-state index >= 15 is 0 Å². The summed E-state index contributed by atoms with van der Waals surface area (Å²) in [4.78, 5) is 28.9. The molecule has 0 aromatic heterocycles. The van der Waals surface area contributed by atoms with Crippen LogP contribution in [0, 0.1) is 0 Å². The quantitative estimate of drug-likeness (QED) is 0.817. The first-order valence-electron chi connectivity index (χ1n) is 9.34. The largest absolute Gasteiger partial charge is 0.497 e. The molecule has 5 nitrogen and oxygen atoms in total. The van der Waals surface area contributed by atoms with Crippen molar-refractivity contribution in [2.45, 2.75) is 19.3 Å². The van der Waals surface area contributed by atoms with E-state index in [0.29, 0.717) is 38.2 Å². The summed E-state index contributed by atoms with van der Waals surface area (Å²) in [6.07, 6.45) is 0.496. The van der Waals surface area contributed by atoms with Gasteiger partial charge >= 0.3 is 0 Å². The molecule has 1 heterocycles. The van der Waals surface area contributed by atoms with Gasteiger partial charge in [-0.05, 0) is 35.7 Å². The van der Waals surface area contributed by atoms with E-state index in [0.717, 1.165) is 5.75 Å². The Morgan fingerprint density at radius 2 is 1.52 bits per heavy atom. The van der Waals surface area contributed by atoms with Crippen LogP contribution >= 0.6 is 0 Å². The van der Waals surface area contributed by atoms with Crippen molar-refractivity contribution >= 4 is 11.8 Å². The molecule has 2 amide bonds. The molecule has 0 aliphatic carbocycles. The van der Waals surface area contributed by atoms with Crippen LogP contribution in [0.4, 0.5) is 0 Å². The number of methoxy groups -OCH3 is 1. The maximum atomic E-state index is 12.6. The Kier molecular flexibility index (Phi) is 6.12. The minimum Gasteiger partial charge on any atom is -0.497 e. The summed E-state index contributed by atoms with van der Waals surface area (Å²) in [6.45, 7) is 4.38. The van der Waals surface area contributed by atoms with Gasteiger partial charge in [-0.25, -0.2) is 0 Å². The molecule has 0 saturated carbocycles. The molecule has 1 fully saturated rings. The number of piperazine rings is 1. The monoisotopic (exact) mass is 366 g/mol. The van der Waals surface area contributed by atoms with Gasteiger partial charge < -0.3 is 14.5 Å². The van der Waals surface area contributed by atoms with E-state index in [-0.39, 0.29) is 17.7 Å². The highest BCUT2D eigenvalue weighted by atomic mass is 16.5. The number of hydrogen-bond acceptors (Lipinski definition) is 3. The lowest BCUT2D eigenvalue weighted by molar-refractivity contribution is -0.133. The molecule has 0 bridgehead atoms. The predicted molar refractivity (Wildman–Crippen MR) is 105 cm³/mol. The number of hydrogen-bond donors (Lipinski definition) is 0. The molecule has 1 aliphatic heterocycles. The lowest BCUT2D eigenvalue weighted by Gasteiger charge is -2.35. The Bertz CT molecular complexity index is 766. The molecule has 2 aromatic carbocycles. The second kappa shape index (κ2) is 8.71. The van der Waals surface area contributed by atoms with E-state index in [9.17, 15) is 9.59 Å². The molecule has 1 atom stereocenters. The van der Waals surface area contributed by atoms with Crippen molar-refractivity contribution in [3.8, 4) is 5.75 Å². The lowest BCUT2D eigenvalue weighted by Crippen LogP contribution is -2.50. The number of rotatable bonds is 5. The highest BCUT2D eigenvalue weighted by Gasteiger charge is 2.25. The summed E-state index contributed by atoms with van der Waals surface area (Å²) in [7, 11) is 1.60. The summed E-state index contributed by atoms with van der Waals surface area (Å²) in [5.41, 5.74) is 1.83. The Labute approximate surface area is 160 Å². The standard InChI is InChI=1S/C22H26N2O3/c1-17(18-6-4-3-5-7-18)16-21(25)23-12-14-24(15-13-23)22(26)19-8-10-20(27-2)11-9-19/h3-11,17H,12-16H2,1-2H3. The first kappa shape index (κ1) is 19.0. The molecule has 0 N–H and O–H groups in total. The molecule has 0 spiro atoms. The van der Waals surface area contributed by atoms with E-state index in [2.05, 4.69) is 19.1 Å². The van der Waals surface area contributed by atoms with Gasteiger partial charge in [0.2, 0.25) is 5.91 Å². The summed E-state index contributed by atoms with van der Waals surface area (Å²) < 4.78 is 5.13. The van der Waals surface area contributed by atoms with Crippen LogP contribution in [0.25, 0.3) is 0 Å². The third kappa shape index (κ3) is 4.67. The highest BCUT2D eigenvalue weighted by molar-refractivity contribution is 5.94. The molecule has 0 radical (unpaired) electrons. The molecule has 5 heteroatoms. The number of carbonyl (C=O) groups excluding carboxylic acids is 2. The third-order valence-corrected chi connectivity index (χ3v) is 5.11. The van der Waals surface area contributed by atoms with E-state index in [1.165, 1.54) is 5.56 Å². The molecule has 27 heavy (non-hydrogen) atoms. The van der Waals surface area contributed by atoms with E-state index in [4.69, 9.17) is 4.74 Å². The van der Waals surface area contributed by atoms with Gasteiger partial charge in [-0.2, -0.15) is 0 Å². The Morgan fingerprint density at radius 3 is 2.11 bits per heavy atom. The van der Waals surface area contributed by atoms with Crippen LogP contribution in [0.2, 0.25) is 0 Å². The van der Waals surface area contributed by atoms with Gasteiger partial charge in [0, 0.05) is 38.2 Å². The van der Waals surface area contributed by atoms with Crippen LogP contribution in [-0.4, -0.2) is 54.9 Å². The van der Waals surface area contributed by atoms with Crippen molar-refractivity contribution in [2.24, 2.45) is 0 Å². The summed E-state index contributed by atoms with van der Waals surface area (Å²) >= 11 is 0. The molecular weight excluding hydrogens is 340 g/mol. The van der Waals surface area contributed by atoms with Gasteiger partial charge in [-0.3, -0.25) is 9.59 Å². The van der Waals surface area contributed by atoms with Crippen molar-refractivity contribution in [3.63, 3.8) is 0 Å². The minimum atomic E-state index is 0.00223. The fourth-order valence-corrected chi connectivity index (χ4v) is 3.37. The molecule has 2 aromatic rings. The zero-order chi connectivity index (χ0) is 19.2. The molecular formula is C22H26N2O3. The SMILES string of the molecule is COc1ccc(C(=O)N2CCN(C(=O)CC(C)c3ccccc3)CC2)cc1. The van der Waals surface area contributed by atoms with Gasteiger partial charge in [-0.15, -0.1) is 0 Å². The van der Waals surface area contributed by atoms with Crippen LogP contribution in [-0.2, 0) is 4.79 Å². The first-order valence-corrected chi connectivity index (χ1v) is 9.34. The Balaban J connectivity index is 1.51. The second-order valence-electron chi connectivity index (χ2n) is 6.92. The minimum absolute atomic E-state index is 0.00223. The van der Waals surface area contributed by atoms with Crippen LogP contribution in [0.5, 0.6) is 5.75 Å². The van der Waals surface area contributed by atoms with Crippen molar-refractivity contribution in [2.75, 3.05) is 33.3 Å². The maximum absolute atomic E-state index is 12.6. The number of benzene rings is 2. The highest BCUT2D eigenvalue weighted by Crippen LogP contribution is 2.20. The maximum Gasteiger partial charge on any atom is 0.253 e. The van der Waals surface area contributed by atoms with Crippen LogP contribution in [0.1, 0.15) is 35.2 Å². The number of amides is 2. The molecule has 1 aliphatic rings. The summed E-state index contributed by atoms with van der Waals surface area (Å²) in [5.74, 6) is 1.08. The van der Waals surface area contributed by atoms with Gasteiger partial charge in [0.15, 0.2) is 0 Å². The summed E-state index contributed by atoms with van der Waals surface area (Å²) in [5, 5.41) is 0. The van der Waals surface area contributed by atoms with Crippen LogP contribution < -0.4 is 4.74 Å². The van der Waals surface area contributed by atoms with Crippen molar-refractivity contribution < 1.29 is 14.3 Å². The normalized spacial score (nSPS) is 15.3. The van der Waals surface area contributed by atoms with E-state index in [1.54, 1.807) is 31.4 Å². The smallest absolute Gasteiger partial charge is 0.253 e. The van der Waals surface area contributed by atoms with Crippen molar-refractivity contribution in [1.82, 2.24) is 9.80 Å². The van der Waals surface area contributed by atoms with Crippen LogP contribution in [0.15, 0.2) is 54.6 Å². The Morgan fingerprint density at radius 1 is 0.926 bits per heavy atom. The Hall–Kier alpha value is -2.82. The van der Waals surface area contributed by atoms with Crippen molar-refractivity contribution in [3.05, 3.63) is 65.7 Å². The van der Waals surface area contributed by atoms with Crippen LogP contribution in [0.3, 0.4) is 0 Å². The number of nitrogens with zero attached hydrogens (tertiary/aromatic N) is 2. The molecule has 142 valence electrons. The number of ether oxygens (including phenoxy) is 1. The lowest BCUT2D eigenvalue weighted by atomic mass is 9.97. The van der Waals surface area contributed by atoms with Gasteiger partial charge in [-0.1, -0.05) is 37.3 Å². The van der Waals surface area contributed by atoms with Gasteiger partial charge in [0.05, 0.1) is 7.11 Å².